The number of anilines is 1. The largest absolute Gasteiger partial charge is 0.493 e. The van der Waals surface area contributed by atoms with Gasteiger partial charge in [-0.15, -0.1) is 0 Å². The Morgan fingerprint density at radius 1 is 1.14 bits per heavy atom. The van der Waals surface area contributed by atoms with Crippen molar-refractivity contribution < 1.29 is 19.0 Å². The minimum absolute atomic E-state index is 0.183. The molecule has 0 fully saturated rings. The van der Waals surface area contributed by atoms with Crippen molar-refractivity contribution in [3.63, 3.8) is 0 Å². The number of aryl methyl sites for hydroxylation is 2. The number of benzene rings is 2. The Hall–Kier alpha value is -3.56. The van der Waals surface area contributed by atoms with E-state index in [-0.39, 0.29) is 5.91 Å². The lowest BCUT2D eigenvalue weighted by Crippen LogP contribution is -2.30. The number of rotatable bonds is 10. The lowest BCUT2D eigenvalue weighted by molar-refractivity contribution is -0.114. The van der Waals surface area contributed by atoms with Gasteiger partial charge < -0.3 is 18.8 Å². The predicted molar refractivity (Wildman–Crippen MR) is 144 cm³/mol. The zero-order valence-corrected chi connectivity index (χ0v) is 22.1. The molecule has 0 spiro atoms. The van der Waals surface area contributed by atoms with Crippen molar-refractivity contribution in [2.45, 2.75) is 19.9 Å². The summed E-state index contributed by atoms with van der Waals surface area (Å²) in [5.41, 5.74) is 2.56. The van der Waals surface area contributed by atoms with Gasteiger partial charge in [0, 0.05) is 36.6 Å². The summed E-state index contributed by atoms with van der Waals surface area (Å²) in [6.45, 7) is 3.19. The van der Waals surface area contributed by atoms with E-state index in [1.807, 2.05) is 29.8 Å². The van der Waals surface area contributed by atoms with E-state index in [4.69, 9.17) is 30.8 Å². The van der Waals surface area contributed by atoms with Crippen molar-refractivity contribution in [3.8, 4) is 17.2 Å². The topological polar surface area (TPSA) is 78.7 Å². The highest BCUT2D eigenvalue weighted by Gasteiger charge is 2.19. The van der Waals surface area contributed by atoms with Gasteiger partial charge in [-0.1, -0.05) is 22.9 Å². The number of ether oxygens (including phenoxy) is 3. The number of hydrogen-bond donors (Lipinski definition) is 0. The number of carbonyl (C=O) groups excluding carboxylic acids is 1. The first-order valence-corrected chi connectivity index (χ1v) is 12.4. The number of hydrogen-bond acceptors (Lipinski definition) is 7. The van der Waals surface area contributed by atoms with Crippen LogP contribution in [0.3, 0.4) is 0 Å². The first-order valence-electron chi connectivity index (χ1n) is 11.3. The SMILES string of the molecule is COc1cc(/C=C/C(=O)N(CCCn2ccnc2)c2nc3c(C)cc(Cl)cc3s2)cc(OC)c1OC. The molecule has 188 valence electrons. The number of carbonyl (C=O) groups is 1. The van der Waals surface area contributed by atoms with E-state index >= 15 is 0 Å². The molecule has 0 bridgehead atoms. The Morgan fingerprint density at radius 3 is 2.53 bits per heavy atom. The summed E-state index contributed by atoms with van der Waals surface area (Å²) in [5.74, 6) is 1.34. The zero-order chi connectivity index (χ0) is 25.7. The van der Waals surface area contributed by atoms with Gasteiger partial charge in [0.25, 0.3) is 5.91 Å². The quantitative estimate of drug-likeness (QED) is 0.250. The second kappa shape index (κ2) is 11.5. The van der Waals surface area contributed by atoms with Gasteiger partial charge in [-0.05, 0) is 54.8 Å². The van der Waals surface area contributed by atoms with Crippen LogP contribution in [0.2, 0.25) is 5.02 Å². The second-order valence-electron chi connectivity index (χ2n) is 8.00. The molecule has 0 radical (unpaired) electrons. The summed E-state index contributed by atoms with van der Waals surface area (Å²) in [7, 11) is 4.66. The number of thiazole rings is 1. The lowest BCUT2D eigenvalue weighted by atomic mass is 10.1. The molecule has 4 rings (SSSR count). The normalized spacial score (nSPS) is 11.2. The number of halogens is 1. The van der Waals surface area contributed by atoms with E-state index in [9.17, 15) is 4.79 Å². The molecule has 36 heavy (non-hydrogen) atoms. The molecule has 0 saturated heterocycles. The van der Waals surface area contributed by atoms with Crippen LogP contribution in [0.4, 0.5) is 5.13 Å². The number of aromatic nitrogens is 3. The van der Waals surface area contributed by atoms with Crippen molar-refractivity contribution in [1.82, 2.24) is 14.5 Å². The van der Waals surface area contributed by atoms with Crippen molar-refractivity contribution in [2.75, 3.05) is 32.8 Å². The molecule has 0 aliphatic carbocycles. The van der Waals surface area contributed by atoms with Crippen LogP contribution in [0.25, 0.3) is 16.3 Å². The van der Waals surface area contributed by atoms with Crippen LogP contribution in [-0.2, 0) is 11.3 Å². The Morgan fingerprint density at radius 2 is 1.89 bits per heavy atom. The zero-order valence-electron chi connectivity index (χ0n) is 20.5. The maximum absolute atomic E-state index is 13.4. The molecule has 2 aromatic carbocycles. The average molecular weight is 527 g/mol. The molecule has 0 aliphatic rings. The highest BCUT2D eigenvalue weighted by atomic mass is 35.5. The van der Waals surface area contributed by atoms with Gasteiger partial charge in [0.05, 0.1) is 37.9 Å². The van der Waals surface area contributed by atoms with E-state index in [1.54, 1.807) is 57.0 Å². The van der Waals surface area contributed by atoms with Crippen LogP contribution in [-0.4, -0.2) is 48.3 Å². The number of amides is 1. The molecule has 2 heterocycles. The molecule has 10 heteroatoms. The number of nitrogens with zero attached hydrogens (tertiary/aromatic N) is 4. The van der Waals surface area contributed by atoms with E-state index in [1.165, 1.54) is 17.4 Å². The van der Waals surface area contributed by atoms with Gasteiger partial charge in [0.1, 0.15) is 0 Å². The molecular formula is C26H27ClN4O4S. The molecule has 1 amide bonds. The third kappa shape index (κ3) is 5.63. The molecule has 0 aliphatic heterocycles. The fourth-order valence-corrected chi connectivity index (χ4v) is 5.30. The van der Waals surface area contributed by atoms with Crippen LogP contribution < -0.4 is 19.1 Å². The number of fused-ring (bicyclic) bond motifs is 1. The first kappa shape index (κ1) is 25.5. The minimum Gasteiger partial charge on any atom is -0.493 e. The highest BCUT2D eigenvalue weighted by Crippen LogP contribution is 2.38. The summed E-state index contributed by atoms with van der Waals surface area (Å²) in [6.07, 6.45) is 9.40. The standard InChI is InChI=1S/C26H27ClN4O4S/c1-17-12-19(27)15-22-24(17)29-26(36-22)31(10-5-9-30-11-8-28-16-30)23(32)7-6-18-13-20(33-2)25(35-4)21(14-18)34-3/h6-8,11-16H,5,9-10H2,1-4H3/b7-6+. The van der Waals surface area contributed by atoms with Crippen molar-refractivity contribution in [1.29, 1.82) is 0 Å². The molecular weight excluding hydrogens is 500 g/mol. The molecule has 0 N–H and O–H groups in total. The molecule has 8 nitrogen and oxygen atoms in total. The van der Waals surface area contributed by atoms with Crippen LogP contribution in [0, 0.1) is 6.92 Å². The van der Waals surface area contributed by atoms with Gasteiger partial charge in [0.15, 0.2) is 16.6 Å². The van der Waals surface area contributed by atoms with Gasteiger partial charge >= 0.3 is 0 Å². The Balaban J connectivity index is 1.63. The first-order chi connectivity index (χ1) is 17.4. The summed E-state index contributed by atoms with van der Waals surface area (Å²) in [6, 6.07) is 7.34. The van der Waals surface area contributed by atoms with Gasteiger partial charge in [-0.3, -0.25) is 9.69 Å². The van der Waals surface area contributed by atoms with E-state index < -0.39 is 0 Å². The van der Waals surface area contributed by atoms with Gasteiger partial charge in [0.2, 0.25) is 5.75 Å². The maximum Gasteiger partial charge on any atom is 0.252 e. The Labute approximate surface area is 218 Å². The smallest absolute Gasteiger partial charge is 0.252 e. The van der Waals surface area contributed by atoms with Crippen LogP contribution in [0.5, 0.6) is 17.2 Å². The summed E-state index contributed by atoms with van der Waals surface area (Å²) in [4.78, 5) is 24.0. The molecule has 4 aromatic rings. The number of imidazole rings is 1. The monoisotopic (exact) mass is 526 g/mol. The Kier molecular flexibility index (Phi) is 8.12. The summed E-state index contributed by atoms with van der Waals surface area (Å²) < 4.78 is 19.2. The predicted octanol–water partition coefficient (Wildman–Crippen LogP) is 5.62. The number of methoxy groups -OCH3 is 3. The molecule has 2 aromatic heterocycles. The second-order valence-corrected chi connectivity index (χ2v) is 9.45. The van der Waals surface area contributed by atoms with Crippen LogP contribution in [0.1, 0.15) is 17.5 Å². The summed E-state index contributed by atoms with van der Waals surface area (Å²) in [5, 5.41) is 1.27. The fourth-order valence-electron chi connectivity index (χ4n) is 3.84. The van der Waals surface area contributed by atoms with Crippen LogP contribution in [0.15, 0.2) is 49.1 Å². The van der Waals surface area contributed by atoms with E-state index in [2.05, 4.69) is 4.98 Å². The lowest BCUT2D eigenvalue weighted by Gasteiger charge is -2.18. The minimum atomic E-state index is -0.183. The third-order valence-corrected chi connectivity index (χ3v) is 6.84. The van der Waals surface area contributed by atoms with E-state index in [0.29, 0.717) is 33.9 Å². The Bertz CT molecular complexity index is 1360. The van der Waals surface area contributed by atoms with Crippen molar-refractivity contribution in [2.24, 2.45) is 0 Å². The van der Waals surface area contributed by atoms with Crippen molar-refractivity contribution >= 4 is 50.3 Å². The average Bonchev–Trinajstić information content (AvgIpc) is 3.54. The van der Waals surface area contributed by atoms with Crippen molar-refractivity contribution in [3.05, 3.63) is 65.2 Å². The highest BCUT2D eigenvalue weighted by molar-refractivity contribution is 7.22. The van der Waals surface area contributed by atoms with Crippen LogP contribution >= 0.6 is 22.9 Å². The summed E-state index contributed by atoms with van der Waals surface area (Å²) >= 11 is 7.70. The maximum atomic E-state index is 13.4. The molecule has 0 unspecified atom stereocenters. The molecule has 0 saturated carbocycles. The van der Waals surface area contributed by atoms with E-state index in [0.717, 1.165) is 34.3 Å². The molecule has 0 atom stereocenters. The fraction of sp³-hybridized carbons (Fsp3) is 0.269. The third-order valence-electron chi connectivity index (χ3n) is 5.60. The van der Waals surface area contributed by atoms with Gasteiger partial charge in [-0.2, -0.15) is 0 Å². The van der Waals surface area contributed by atoms with Gasteiger partial charge in [-0.25, -0.2) is 9.97 Å².